The van der Waals surface area contributed by atoms with Crippen molar-refractivity contribution in [3.63, 3.8) is 0 Å². The summed E-state index contributed by atoms with van der Waals surface area (Å²) in [5.74, 6) is -2.48. The normalized spacial score (nSPS) is 18.9. The molecule has 3 aliphatic heterocycles. The van der Waals surface area contributed by atoms with Crippen molar-refractivity contribution >= 4 is 92.3 Å². The molecule has 6 amide bonds. The number of nitro benzene ring substituents is 2. The molecule has 0 saturated carbocycles. The molecule has 29 heteroatoms. The zero-order valence-electron chi connectivity index (χ0n) is 34.4. The van der Waals surface area contributed by atoms with E-state index in [9.17, 15) is 74.2 Å². The van der Waals surface area contributed by atoms with Gasteiger partial charge in [-0.05, 0) is 74.8 Å². The lowest BCUT2D eigenvalue weighted by Crippen LogP contribution is -2.52. The minimum absolute atomic E-state index is 0.0521. The third kappa shape index (κ3) is 14.6. The van der Waals surface area contributed by atoms with Crippen LogP contribution in [-0.2, 0) is 57.9 Å². The van der Waals surface area contributed by atoms with Gasteiger partial charge in [0.2, 0.25) is 55.5 Å². The molecule has 0 bridgehead atoms. The lowest BCUT2D eigenvalue weighted by atomic mass is 10.1. The van der Waals surface area contributed by atoms with E-state index in [0.29, 0.717) is 18.5 Å². The second-order valence-corrected chi connectivity index (χ2v) is 20.3. The number of nitro groups is 2. The average molecular weight is 988 g/mol. The van der Waals surface area contributed by atoms with E-state index in [-0.39, 0.29) is 75.5 Å². The van der Waals surface area contributed by atoms with E-state index in [0.717, 1.165) is 57.1 Å². The van der Waals surface area contributed by atoms with Gasteiger partial charge in [0.1, 0.15) is 12.1 Å². The van der Waals surface area contributed by atoms with Gasteiger partial charge in [0, 0.05) is 74.0 Å². The molecule has 3 aliphatic rings. The van der Waals surface area contributed by atoms with Crippen LogP contribution in [0.5, 0.6) is 0 Å². The van der Waals surface area contributed by atoms with Gasteiger partial charge in [-0.3, -0.25) is 64.9 Å². The fraction of sp³-hybridized carbons (Fsp3) is 0.333. The van der Waals surface area contributed by atoms with Gasteiger partial charge in [-0.2, -0.15) is 8.61 Å². The number of halogens is 1. The minimum atomic E-state index is -3.99. The Labute approximate surface area is 375 Å². The molecular formula is C36H42ClN9O16S3. The van der Waals surface area contributed by atoms with Gasteiger partial charge in [0.05, 0.1) is 30.6 Å². The number of sulfonamides is 2. The molecule has 65 heavy (non-hydrogen) atoms. The first-order chi connectivity index (χ1) is 30.2. The third-order valence-electron chi connectivity index (χ3n) is 9.50. The van der Waals surface area contributed by atoms with Crippen molar-refractivity contribution in [1.82, 2.24) is 29.9 Å². The molecule has 3 aromatic carbocycles. The molecule has 0 spiro atoms. The zero-order valence-corrected chi connectivity index (χ0v) is 37.6. The van der Waals surface area contributed by atoms with Crippen molar-refractivity contribution in [2.75, 3.05) is 26.9 Å². The van der Waals surface area contributed by atoms with Gasteiger partial charge < -0.3 is 11.1 Å². The highest BCUT2D eigenvalue weighted by Gasteiger charge is 2.38. The number of benzene rings is 3. The van der Waals surface area contributed by atoms with Gasteiger partial charge in [0.15, 0.2) is 0 Å². The molecule has 3 saturated heterocycles. The highest BCUT2D eigenvalue weighted by molar-refractivity contribution is 8.13. The van der Waals surface area contributed by atoms with Crippen molar-refractivity contribution in [3.05, 3.63) is 93.0 Å². The van der Waals surface area contributed by atoms with E-state index in [4.69, 9.17) is 16.4 Å². The van der Waals surface area contributed by atoms with Crippen LogP contribution in [0.15, 0.2) is 87.5 Å². The zero-order chi connectivity index (χ0) is 49.0. The predicted molar refractivity (Wildman–Crippen MR) is 228 cm³/mol. The molecule has 3 atom stereocenters. The lowest BCUT2D eigenvalue weighted by molar-refractivity contribution is -0.385. The number of non-ortho nitro benzene ring substituents is 2. The molecule has 3 heterocycles. The fourth-order valence-corrected chi connectivity index (χ4v) is 9.27. The van der Waals surface area contributed by atoms with Crippen LogP contribution in [0.3, 0.4) is 0 Å². The molecule has 3 aromatic rings. The Kier molecular flexibility index (Phi) is 18.4. The van der Waals surface area contributed by atoms with Crippen molar-refractivity contribution in [2.24, 2.45) is 0 Å². The number of nitrogens with zero attached hydrogens (tertiary/aromatic N) is 4. The van der Waals surface area contributed by atoms with E-state index in [1.807, 2.05) is 0 Å². The highest BCUT2D eigenvalue weighted by atomic mass is 35.7. The maximum atomic E-state index is 12.4. The van der Waals surface area contributed by atoms with Gasteiger partial charge >= 0.3 is 0 Å². The quantitative estimate of drug-likeness (QED) is 0.0597. The number of nitrogen functional groups attached to an aromatic ring is 1. The van der Waals surface area contributed by atoms with Crippen LogP contribution < -0.4 is 27.0 Å². The summed E-state index contributed by atoms with van der Waals surface area (Å²) in [5, 5.41) is 30.0. The van der Waals surface area contributed by atoms with Crippen LogP contribution in [0.2, 0.25) is 0 Å². The first-order valence-corrected chi connectivity index (χ1v) is 23.8. The van der Waals surface area contributed by atoms with E-state index < -0.39 is 68.7 Å². The smallest absolute Gasteiger partial charge is 0.269 e. The van der Waals surface area contributed by atoms with Gasteiger partial charge in [0.25, 0.3) is 20.4 Å². The number of nitrogens with two attached hydrogens (primary N) is 1. The Bertz CT molecular complexity index is 2650. The Morgan fingerprint density at radius 1 is 0.585 bits per heavy atom. The number of hydrogen-bond donors (Lipinski definition) is 5. The summed E-state index contributed by atoms with van der Waals surface area (Å²) in [5.41, 5.74) is 5.56. The Hall–Kier alpha value is -6.30. The van der Waals surface area contributed by atoms with Crippen LogP contribution in [-0.4, -0.2) is 118 Å². The molecule has 6 N–H and O–H groups in total. The average Bonchev–Trinajstić information content (AvgIpc) is 3.24. The van der Waals surface area contributed by atoms with E-state index >= 15 is 0 Å². The van der Waals surface area contributed by atoms with E-state index in [1.54, 1.807) is 7.05 Å². The van der Waals surface area contributed by atoms with Gasteiger partial charge in [-0.1, -0.05) is 0 Å². The fourth-order valence-electron chi connectivity index (χ4n) is 5.80. The third-order valence-corrected chi connectivity index (χ3v) is 14.6. The molecule has 3 unspecified atom stereocenters. The summed E-state index contributed by atoms with van der Waals surface area (Å²) >= 11 is 0. The molecule has 6 rings (SSSR count). The van der Waals surface area contributed by atoms with Crippen molar-refractivity contribution in [3.8, 4) is 0 Å². The van der Waals surface area contributed by atoms with Crippen LogP contribution in [0.4, 0.5) is 17.1 Å². The maximum Gasteiger partial charge on any atom is 0.269 e. The number of likely N-dealkylation sites (N-methyl/N-ethyl adjacent to an activating group) is 3. The number of carbonyl (C=O) groups is 6. The Balaban J connectivity index is 0.000000240. The first-order valence-electron chi connectivity index (χ1n) is 18.6. The van der Waals surface area contributed by atoms with E-state index in [1.165, 1.54) is 38.4 Å². The van der Waals surface area contributed by atoms with Gasteiger partial charge in [-0.25, -0.2) is 25.3 Å². The summed E-state index contributed by atoms with van der Waals surface area (Å²) < 4.78 is 72.9. The second-order valence-electron chi connectivity index (χ2n) is 13.8. The summed E-state index contributed by atoms with van der Waals surface area (Å²) in [6, 6.07) is 12.4. The monoisotopic (exact) mass is 987 g/mol. The molecule has 3 fully saturated rings. The number of anilines is 1. The SMILES string of the molecule is CN(C1CCC(=O)NC1=O)S(=O)(=O)c1ccc(N)cc1.CN(C1CCC(=O)NC1=O)S(=O)(=O)c1ccc([N+](=O)[O-])cc1.CNC1CCC(=O)NC1=O.O=[N+]([O-])c1ccc(S(=O)(=O)Cl)cc1. The van der Waals surface area contributed by atoms with Gasteiger partial charge in [-0.15, -0.1) is 0 Å². The molecule has 25 nitrogen and oxygen atoms in total. The predicted octanol–water partition coefficient (Wildman–Crippen LogP) is 0.248. The standard InChI is InChI=1S/C12H13N3O6S.C12H15N3O4S.C6H4ClNO4S.C6H10N2O2/c1-14(10-6-7-11(16)13-12(10)17)22(20,21)9-4-2-8(3-5-9)15(18)19;1-15(10-6-7-11(16)14-12(10)17)20(18,19)9-4-2-8(13)3-5-9;7-13(11,12)6-3-1-5(2-4-6)8(9)10;1-7-4-2-3-5(9)8-6(4)10/h2-5,10H,6-7H2,1H3,(H,13,16,17);2-5,10H,6-7,13H2,1H3,(H,14,16,17);1-4H;4,7H,2-3H2,1H3,(H,8,9,10). The lowest BCUT2D eigenvalue weighted by Gasteiger charge is -2.28. The topological polar surface area (TPSA) is 372 Å². The van der Waals surface area contributed by atoms with Crippen molar-refractivity contribution in [1.29, 1.82) is 0 Å². The number of carbonyl (C=O) groups excluding carboxylic acids is 6. The first kappa shape index (κ1) is 53.0. The maximum absolute atomic E-state index is 12.4. The number of nitrogens with one attached hydrogen (secondary N) is 4. The number of hydrogen-bond acceptors (Lipinski definition) is 18. The molecule has 0 aliphatic carbocycles. The number of imide groups is 3. The molecule has 352 valence electrons. The summed E-state index contributed by atoms with van der Waals surface area (Å²) in [6.45, 7) is 0. The van der Waals surface area contributed by atoms with Crippen LogP contribution in [0.1, 0.15) is 38.5 Å². The molecular weight excluding hydrogens is 946 g/mol. The minimum Gasteiger partial charge on any atom is -0.399 e. The Morgan fingerprint density at radius 3 is 1.22 bits per heavy atom. The second kappa shape index (κ2) is 22.5. The van der Waals surface area contributed by atoms with Crippen molar-refractivity contribution < 1.29 is 63.9 Å². The Morgan fingerprint density at radius 2 is 0.908 bits per heavy atom. The number of amides is 6. The van der Waals surface area contributed by atoms with Crippen LogP contribution in [0.25, 0.3) is 0 Å². The van der Waals surface area contributed by atoms with Crippen LogP contribution >= 0.6 is 10.7 Å². The number of rotatable bonds is 10. The number of piperidine rings is 3. The molecule has 0 radical (unpaired) electrons. The van der Waals surface area contributed by atoms with Crippen molar-refractivity contribution in [2.45, 2.75) is 71.3 Å². The summed E-state index contributed by atoms with van der Waals surface area (Å²) in [4.78, 5) is 86.3. The largest absolute Gasteiger partial charge is 0.399 e. The summed E-state index contributed by atoms with van der Waals surface area (Å²) in [6.07, 6.45) is 1.50. The molecule has 0 aromatic heterocycles. The summed E-state index contributed by atoms with van der Waals surface area (Å²) in [7, 11) is -2.33. The van der Waals surface area contributed by atoms with E-state index in [2.05, 4.69) is 21.3 Å². The highest BCUT2D eigenvalue weighted by Crippen LogP contribution is 2.24. The van der Waals surface area contributed by atoms with Crippen LogP contribution in [0, 0.1) is 20.2 Å².